The highest BCUT2D eigenvalue weighted by atomic mass is 35.5. The lowest BCUT2D eigenvalue weighted by Crippen LogP contribution is -2.36. The molecule has 0 atom stereocenters. The highest BCUT2D eigenvalue weighted by molar-refractivity contribution is 6.30. The average molecular weight is 291 g/mol. The molecule has 0 saturated heterocycles. The molecule has 1 aromatic rings. The van der Waals surface area contributed by atoms with Gasteiger partial charge in [0.15, 0.2) is 0 Å². The molecule has 0 fully saturated rings. The van der Waals surface area contributed by atoms with Crippen molar-refractivity contribution >= 4 is 17.3 Å². The van der Waals surface area contributed by atoms with Crippen LogP contribution in [-0.2, 0) is 0 Å². The number of nitrogens with zero attached hydrogens (tertiary/aromatic N) is 1. The minimum Gasteiger partial charge on any atom is -0.272 e. The number of allylic oxidation sites excluding steroid dienone is 1. The van der Waals surface area contributed by atoms with Gasteiger partial charge in [-0.05, 0) is 35.8 Å². The lowest BCUT2D eigenvalue weighted by Gasteiger charge is -2.24. The van der Waals surface area contributed by atoms with Gasteiger partial charge in [0.2, 0.25) is 0 Å². The van der Waals surface area contributed by atoms with E-state index in [-0.39, 0.29) is 12.5 Å². The topological polar surface area (TPSA) is 15.3 Å². The fourth-order valence-electron chi connectivity index (χ4n) is 2.07. The van der Waals surface area contributed by atoms with E-state index in [1.807, 2.05) is 0 Å². The standard InChI is InChI=1S/C13H14ClF3N2/c1-8(2)11-7-18-19(12(11)13(15,16)17)10-5-3-9(14)4-6-10/h3-6,8,18H,7H2,1-2H3. The van der Waals surface area contributed by atoms with Gasteiger partial charge < -0.3 is 0 Å². The summed E-state index contributed by atoms with van der Waals surface area (Å²) >= 11 is 5.75. The minimum absolute atomic E-state index is 0.165. The first-order chi connectivity index (χ1) is 8.80. The maximum atomic E-state index is 13.2. The summed E-state index contributed by atoms with van der Waals surface area (Å²) in [4.78, 5) is 0. The first-order valence-corrected chi connectivity index (χ1v) is 6.28. The summed E-state index contributed by atoms with van der Waals surface area (Å²) in [5.74, 6) is -0.165. The van der Waals surface area contributed by atoms with Gasteiger partial charge in [-0.25, -0.2) is 5.43 Å². The maximum absolute atomic E-state index is 13.2. The number of hydrazine groups is 1. The van der Waals surface area contributed by atoms with E-state index in [0.717, 1.165) is 5.01 Å². The third-order valence-corrected chi connectivity index (χ3v) is 3.26. The Morgan fingerprint density at radius 1 is 1.21 bits per heavy atom. The number of benzene rings is 1. The number of hydrogen-bond acceptors (Lipinski definition) is 2. The van der Waals surface area contributed by atoms with Crippen molar-refractivity contribution in [1.82, 2.24) is 5.43 Å². The Morgan fingerprint density at radius 2 is 1.79 bits per heavy atom. The van der Waals surface area contributed by atoms with E-state index in [1.54, 1.807) is 38.1 Å². The fourth-order valence-corrected chi connectivity index (χ4v) is 2.19. The summed E-state index contributed by atoms with van der Waals surface area (Å²) in [5, 5.41) is 1.58. The second-order valence-electron chi connectivity index (χ2n) is 4.67. The molecule has 0 unspecified atom stereocenters. The Bertz CT molecular complexity index is 492. The molecule has 0 aromatic heterocycles. The Hall–Kier alpha value is -1.20. The van der Waals surface area contributed by atoms with E-state index in [9.17, 15) is 13.2 Å². The zero-order valence-electron chi connectivity index (χ0n) is 10.6. The van der Waals surface area contributed by atoms with Gasteiger partial charge in [0.05, 0.1) is 5.69 Å². The summed E-state index contributed by atoms with van der Waals surface area (Å²) in [6.07, 6.45) is -4.39. The van der Waals surface area contributed by atoms with Crippen LogP contribution in [-0.4, -0.2) is 12.7 Å². The van der Waals surface area contributed by atoms with Gasteiger partial charge >= 0.3 is 6.18 Å². The fraction of sp³-hybridized carbons (Fsp3) is 0.385. The van der Waals surface area contributed by atoms with Crippen molar-refractivity contribution < 1.29 is 13.2 Å². The van der Waals surface area contributed by atoms with Gasteiger partial charge in [-0.1, -0.05) is 25.4 Å². The molecule has 0 amide bonds. The molecular weight excluding hydrogens is 277 g/mol. The van der Waals surface area contributed by atoms with Crippen molar-refractivity contribution in [1.29, 1.82) is 0 Å². The molecule has 6 heteroatoms. The molecule has 1 aromatic carbocycles. The van der Waals surface area contributed by atoms with Crippen molar-refractivity contribution in [3.05, 3.63) is 40.6 Å². The van der Waals surface area contributed by atoms with Crippen LogP contribution in [0.4, 0.5) is 18.9 Å². The van der Waals surface area contributed by atoms with E-state index in [4.69, 9.17) is 11.6 Å². The number of nitrogens with one attached hydrogen (secondary N) is 1. The van der Waals surface area contributed by atoms with E-state index in [0.29, 0.717) is 16.3 Å². The van der Waals surface area contributed by atoms with Crippen molar-refractivity contribution in [2.45, 2.75) is 20.0 Å². The molecule has 1 aliphatic heterocycles. The van der Waals surface area contributed by atoms with Crippen molar-refractivity contribution in [3.63, 3.8) is 0 Å². The molecule has 0 radical (unpaired) electrons. The van der Waals surface area contributed by atoms with Crippen LogP contribution in [0.25, 0.3) is 0 Å². The van der Waals surface area contributed by atoms with E-state index in [2.05, 4.69) is 5.43 Å². The predicted octanol–water partition coefficient (Wildman–Crippen LogP) is 4.14. The Labute approximate surface area is 114 Å². The van der Waals surface area contributed by atoms with Crippen LogP contribution in [0.3, 0.4) is 0 Å². The van der Waals surface area contributed by atoms with Crippen LogP contribution >= 0.6 is 11.6 Å². The first-order valence-electron chi connectivity index (χ1n) is 5.90. The lowest BCUT2D eigenvalue weighted by molar-refractivity contribution is -0.0940. The SMILES string of the molecule is CC(C)C1=C(C(F)(F)F)N(c2ccc(Cl)cc2)NC1. The van der Waals surface area contributed by atoms with Crippen molar-refractivity contribution in [2.24, 2.45) is 5.92 Å². The van der Waals surface area contributed by atoms with Gasteiger partial charge in [0.1, 0.15) is 5.70 Å². The lowest BCUT2D eigenvalue weighted by atomic mass is 10.0. The van der Waals surface area contributed by atoms with Crippen LogP contribution in [0.15, 0.2) is 35.5 Å². The highest BCUT2D eigenvalue weighted by Crippen LogP contribution is 2.38. The second-order valence-corrected chi connectivity index (χ2v) is 5.11. The van der Waals surface area contributed by atoms with Crippen molar-refractivity contribution in [2.75, 3.05) is 11.6 Å². The normalized spacial score (nSPS) is 16.7. The summed E-state index contributed by atoms with van der Waals surface area (Å²) in [6.45, 7) is 3.72. The number of halogens is 4. The van der Waals surface area contributed by atoms with E-state index < -0.39 is 11.9 Å². The van der Waals surface area contributed by atoms with Gasteiger partial charge in [0.25, 0.3) is 0 Å². The summed E-state index contributed by atoms with van der Waals surface area (Å²) in [6, 6.07) is 6.26. The van der Waals surface area contributed by atoms with Crippen LogP contribution in [0.1, 0.15) is 13.8 Å². The molecule has 1 heterocycles. The van der Waals surface area contributed by atoms with E-state index >= 15 is 0 Å². The van der Waals surface area contributed by atoms with Crippen LogP contribution in [0.5, 0.6) is 0 Å². The number of rotatable bonds is 2. The van der Waals surface area contributed by atoms with Crippen molar-refractivity contribution in [3.8, 4) is 0 Å². The first kappa shape index (κ1) is 14.2. The smallest absolute Gasteiger partial charge is 0.272 e. The molecule has 1 aliphatic rings. The number of hydrogen-bond donors (Lipinski definition) is 1. The summed E-state index contributed by atoms with van der Waals surface area (Å²) in [7, 11) is 0. The zero-order valence-corrected chi connectivity index (χ0v) is 11.3. The molecule has 1 N–H and O–H groups in total. The second kappa shape index (κ2) is 5.06. The van der Waals surface area contributed by atoms with Crippen LogP contribution in [0, 0.1) is 5.92 Å². The molecule has 0 aliphatic carbocycles. The van der Waals surface area contributed by atoms with Gasteiger partial charge in [-0.3, -0.25) is 5.01 Å². The molecule has 2 rings (SSSR count). The monoisotopic (exact) mass is 290 g/mol. The zero-order chi connectivity index (χ0) is 14.2. The molecule has 0 bridgehead atoms. The quantitative estimate of drug-likeness (QED) is 0.881. The molecule has 104 valence electrons. The Balaban J connectivity index is 2.44. The Morgan fingerprint density at radius 3 is 2.26 bits per heavy atom. The highest BCUT2D eigenvalue weighted by Gasteiger charge is 2.44. The Kier molecular flexibility index (Phi) is 3.78. The van der Waals surface area contributed by atoms with Crippen LogP contribution < -0.4 is 10.4 Å². The summed E-state index contributed by atoms with van der Waals surface area (Å²) < 4.78 is 39.7. The molecular formula is C13H14ClF3N2. The van der Waals surface area contributed by atoms with Gasteiger partial charge in [0, 0.05) is 11.6 Å². The number of alkyl halides is 3. The minimum atomic E-state index is -4.39. The van der Waals surface area contributed by atoms with Crippen LogP contribution in [0.2, 0.25) is 5.02 Å². The average Bonchev–Trinajstić information content (AvgIpc) is 2.74. The van der Waals surface area contributed by atoms with Gasteiger partial charge in [-0.2, -0.15) is 13.2 Å². The number of anilines is 1. The van der Waals surface area contributed by atoms with Gasteiger partial charge in [-0.15, -0.1) is 0 Å². The third kappa shape index (κ3) is 2.87. The molecule has 2 nitrogen and oxygen atoms in total. The maximum Gasteiger partial charge on any atom is 0.432 e. The molecule has 19 heavy (non-hydrogen) atoms. The molecule has 0 saturated carbocycles. The van der Waals surface area contributed by atoms with E-state index in [1.165, 1.54) is 0 Å². The largest absolute Gasteiger partial charge is 0.432 e. The molecule has 0 spiro atoms. The third-order valence-electron chi connectivity index (χ3n) is 3.01. The predicted molar refractivity (Wildman–Crippen MR) is 69.9 cm³/mol. The summed E-state index contributed by atoms with van der Waals surface area (Å²) in [5.41, 5.74) is 2.94.